The Kier molecular flexibility index (Phi) is 9.69. The Labute approximate surface area is 308 Å². The zero-order chi connectivity index (χ0) is 36.6. The van der Waals surface area contributed by atoms with Crippen LogP contribution >= 0.6 is 22.9 Å². The Morgan fingerprint density at radius 3 is 2.23 bits per heavy atom. The second-order valence-electron chi connectivity index (χ2n) is 12.6. The molecule has 2 aromatic carbocycles. The molecule has 0 bridgehead atoms. The molecule has 7 rings (SSSR count). The third kappa shape index (κ3) is 6.37. The molecule has 0 aliphatic heterocycles. The minimum Gasteiger partial charge on any atom is -0.456 e. The van der Waals surface area contributed by atoms with E-state index >= 15 is 0 Å². The van der Waals surface area contributed by atoms with Crippen molar-refractivity contribution in [3.63, 3.8) is 0 Å². The van der Waals surface area contributed by atoms with Crippen molar-refractivity contribution < 1.29 is 23.9 Å². The van der Waals surface area contributed by atoms with Crippen LogP contribution in [0.5, 0.6) is 0 Å². The molecule has 2 fully saturated rings. The van der Waals surface area contributed by atoms with Crippen molar-refractivity contribution in [3.05, 3.63) is 105 Å². The molecular formula is C37H35ClN8O5S. The number of rotatable bonds is 10. The summed E-state index contributed by atoms with van der Waals surface area (Å²) in [6.07, 6.45) is -0.535. The lowest BCUT2D eigenvalue weighted by Gasteiger charge is -2.32. The van der Waals surface area contributed by atoms with E-state index in [1.807, 2.05) is 19.1 Å². The van der Waals surface area contributed by atoms with Crippen LogP contribution in [-0.2, 0) is 23.9 Å². The minimum absolute atomic E-state index is 0.206. The largest absolute Gasteiger partial charge is 0.456 e. The first-order chi connectivity index (χ1) is 25.2. The van der Waals surface area contributed by atoms with E-state index < -0.39 is 53.6 Å². The van der Waals surface area contributed by atoms with E-state index in [-0.39, 0.29) is 11.7 Å². The number of benzene rings is 2. The van der Waals surface area contributed by atoms with Crippen molar-refractivity contribution in [2.45, 2.75) is 43.7 Å². The highest BCUT2D eigenvalue weighted by Gasteiger charge is 2.78. The van der Waals surface area contributed by atoms with Gasteiger partial charge in [-0.25, -0.2) is 24.5 Å². The summed E-state index contributed by atoms with van der Waals surface area (Å²) in [4.78, 5) is 56.2. The number of aromatic nitrogens is 4. The van der Waals surface area contributed by atoms with Crippen LogP contribution in [0.2, 0.25) is 4.34 Å². The number of imidazole rings is 1. The first kappa shape index (κ1) is 35.1. The van der Waals surface area contributed by atoms with Crippen LogP contribution in [0.3, 0.4) is 0 Å². The fourth-order valence-corrected chi connectivity index (χ4v) is 7.91. The highest BCUT2D eigenvalue weighted by Crippen LogP contribution is 2.69. The van der Waals surface area contributed by atoms with Crippen LogP contribution in [0, 0.1) is 23.2 Å². The maximum atomic E-state index is 13.8. The predicted molar refractivity (Wildman–Crippen MR) is 195 cm³/mol. The average molecular weight is 739 g/mol. The molecule has 7 atom stereocenters. The topological polar surface area (TPSA) is 189 Å². The smallest absolute Gasteiger partial charge is 0.328 e. The number of anilines is 1. The Morgan fingerprint density at radius 2 is 1.63 bits per heavy atom. The van der Waals surface area contributed by atoms with Crippen molar-refractivity contribution in [2.24, 2.45) is 22.8 Å². The minimum atomic E-state index is -1.25. The van der Waals surface area contributed by atoms with Crippen LogP contribution in [0.25, 0.3) is 11.2 Å². The molecule has 2 aliphatic carbocycles. The lowest BCUT2D eigenvalue weighted by molar-refractivity contribution is -0.176. The molecule has 1 amide bonds. The summed E-state index contributed by atoms with van der Waals surface area (Å²) in [6, 6.07) is 18.0. The van der Waals surface area contributed by atoms with E-state index in [1.54, 1.807) is 71.6 Å². The van der Waals surface area contributed by atoms with Crippen molar-refractivity contribution in [1.29, 1.82) is 0 Å². The Hall–Kier alpha value is -5.33. The summed E-state index contributed by atoms with van der Waals surface area (Å²) in [5, 5.41) is 5.96. The van der Waals surface area contributed by atoms with Crippen LogP contribution < -0.4 is 22.1 Å². The van der Waals surface area contributed by atoms with Gasteiger partial charge in [0.25, 0.3) is 0 Å². The number of carbonyl (C=O) groups is 3. The summed E-state index contributed by atoms with van der Waals surface area (Å²) in [5.74, 6) is 4.35. The summed E-state index contributed by atoms with van der Waals surface area (Å²) < 4.78 is 14.8. The summed E-state index contributed by atoms with van der Waals surface area (Å²) in [6.45, 7) is 2.46. The molecular weight excluding hydrogens is 704 g/mol. The van der Waals surface area contributed by atoms with Gasteiger partial charge in [0.05, 0.1) is 27.0 Å². The molecule has 266 valence electrons. The van der Waals surface area contributed by atoms with E-state index in [9.17, 15) is 14.4 Å². The van der Waals surface area contributed by atoms with Gasteiger partial charge >= 0.3 is 11.9 Å². The second-order valence-corrected chi connectivity index (χ2v) is 14.3. The quantitative estimate of drug-likeness (QED) is 0.120. The second kappa shape index (κ2) is 14.4. The number of carbonyl (C=O) groups excluding carboxylic acids is 3. The Morgan fingerprint density at radius 1 is 0.981 bits per heavy atom. The zero-order valence-electron chi connectivity index (χ0n) is 28.2. The standard InChI is InChI=1S/C37H35ClN8O5S/c1-3-42-32-28-33(45-25(44-32)17-15-22-14-16-24(38)52-22)46(19-43-28)29-23-18-37(23,36(49)41-2)31(51-35(48)27(40)21-12-8-5-9-13-21)30(29)50-34(47)26(39)20-10-6-4-7-11-20/h4-14,16,19,23,26-27,29-31H,3,18,39-40H2,1-2H3,(H,41,49)(H,42,44,45). The summed E-state index contributed by atoms with van der Waals surface area (Å²) >= 11 is 7.44. The van der Waals surface area contributed by atoms with Gasteiger partial charge in [-0.15, -0.1) is 11.3 Å². The number of nitrogens with one attached hydrogen (secondary N) is 2. The normalized spacial score (nSPS) is 22.7. The van der Waals surface area contributed by atoms with Crippen molar-refractivity contribution in [3.8, 4) is 11.8 Å². The van der Waals surface area contributed by atoms with Crippen molar-refractivity contribution >= 4 is 57.8 Å². The van der Waals surface area contributed by atoms with Gasteiger partial charge in [0, 0.05) is 19.5 Å². The molecule has 0 radical (unpaired) electrons. The number of ether oxygens (including phenoxy) is 2. The number of nitrogens with zero attached hydrogens (tertiary/aromatic N) is 4. The third-order valence-electron chi connectivity index (χ3n) is 9.54. The Balaban J connectivity index is 1.33. The van der Waals surface area contributed by atoms with E-state index in [0.717, 1.165) is 4.88 Å². The van der Waals surface area contributed by atoms with Crippen LogP contribution in [0.15, 0.2) is 79.1 Å². The number of esters is 2. The molecule has 13 nitrogen and oxygen atoms in total. The van der Waals surface area contributed by atoms with Gasteiger partial charge < -0.3 is 36.1 Å². The van der Waals surface area contributed by atoms with Gasteiger partial charge in [-0.2, -0.15) is 0 Å². The average Bonchev–Trinajstić information content (AvgIpc) is 3.38. The first-order valence-electron chi connectivity index (χ1n) is 16.7. The fourth-order valence-electron chi connectivity index (χ4n) is 7.02. The predicted octanol–water partition coefficient (Wildman–Crippen LogP) is 3.90. The zero-order valence-corrected chi connectivity index (χ0v) is 29.7. The van der Waals surface area contributed by atoms with Gasteiger partial charge in [0.1, 0.15) is 12.1 Å². The van der Waals surface area contributed by atoms with E-state index in [0.29, 0.717) is 45.4 Å². The molecule has 7 unspecified atom stereocenters. The molecule has 0 spiro atoms. The molecule has 0 saturated heterocycles. The number of thiophene rings is 1. The number of halogens is 1. The molecule has 3 aromatic heterocycles. The van der Waals surface area contributed by atoms with Gasteiger partial charge in [-0.3, -0.25) is 4.79 Å². The number of fused-ring (bicyclic) bond motifs is 2. The first-order valence-corrected chi connectivity index (χ1v) is 17.9. The molecule has 15 heteroatoms. The van der Waals surface area contributed by atoms with Crippen molar-refractivity contribution in [1.82, 2.24) is 24.8 Å². The van der Waals surface area contributed by atoms with Gasteiger partial charge in [-0.05, 0) is 48.4 Å². The number of nitrogens with two attached hydrogens (primary N) is 2. The lowest BCUT2D eigenvalue weighted by Crippen LogP contribution is -2.47. The SMILES string of the molecule is CCNc1nc(C#Cc2ccc(Cl)s2)nc2c1ncn2C1C(OC(=O)C(N)c2ccccc2)C(OC(=O)C(N)c2ccccc2)C2(C(=O)NC)CC12. The molecule has 2 aliphatic rings. The van der Waals surface area contributed by atoms with Gasteiger partial charge in [-0.1, -0.05) is 72.3 Å². The van der Waals surface area contributed by atoms with Crippen LogP contribution in [0.4, 0.5) is 5.82 Å². The maximum absolute atomic E-state index is 13.8. The maximum Gasteiger partial charge on any atom is 0.328 e. The van der Waals surface area contributed by atoms with Gasteiger partial charge in [0.2, 0.25) is 11.7 Å². The number of amides is 1. The van der Waals surface area contributed by atoms with Crippen molar-refractivity contribution in [2.75, 3.05) is 18.9 Å². The van der Waals surface area contributed by atoms with Crippen LogP contribution in [0.1, 0.15) is 53.3 Å². The highest BCUT2D eigenvalue weighted by molar-refractivity contribution is 7.16. The molecule has 5 aromatic rings. The number of hydrogen-bond acceptors (Lipinski definition) is 12. The molecule has 52 heavy (non-hydrogen) atoms. The fraction of sp³-hybridized carbons (Fsp3) is 0.297. The lowest BCUT2D eigenvalue weighted by atomic mass is 9.97. The van der Waals surface area contributed by atoms with Gasteiger partial charge in [0.15, 0.2) is 29.2 Å². The highest BCUT2D eigenvalue weighted by atomic mass is 35.5. The molecule has 3 heterocycles. The van der Waals surface area contributed by atoms with E-state index in [4.69, 9.17) is 37.5 Å². The van der Waals surface area contributed by atoms with E-state index in [1.165, 1.54) is 18.4 Å². The monoisotopic (exact) mass is 738 g/mol. The summed E-state index contributed by atoms with van der Waals surface area (Å²) in [7, 11) is 1.51. The molecule has 6 N–H and O–H groups in total. The van der Waals surface area contributed by atoms with Crippen LogP contribution in [-0.4, -0.2) is 63.2 Å². The third-order valence-corrected chi connectivity index (χ3v) is 10.7. The summed E-state index contributed by atoms with van der Waals surface area (Å²) in [5.41, 5.74) is 13.4. The molecule has 2 saturated carbocycles. The number of hydrogen-bond donors (Lipinski definition) is 4. The Bertz CT molecular complexity index is 2200. The van der Waals surface area contributed by atoms with E-state index in [2.05, 4.69) is 32.4 Å².